The second kappa shape index (κ2) is 9.69. The number of aromatic hydroxyl groups is 1. The van der Waals surface area contributed by atoms with Crippen molar-refractivity contribution in [3.63, 3.8) is 0 Å². The number of rotatable bonds is 10. The molecule has 1 N–H and O–H groups in total. The third-order valence-corrected chi connectivity index (χ3v) is 2.86. The third-order valence-electron chi connectivity index (χ3n) is 2.86. The Morgan fingerprint density at radius 2 is 1.65 bits per heavy atom. The zero-order valence-electron chi connectivity index (χ0n) is 12.3. The Morgan fingerprint density at radius 3 is 2.15 bits per heavy atom. The van der Waals surface area contributed by atoms with Crippen LogP contribution in [0.3, 0.4) is 0 Å². The van der Waals surface area contributed by atoms with Gasteiger partial charge in [-0.15, -0.1) is 0 Å². The summed E-state index contributed by atoms with van der Waals surface area (Å²) >= 11 is 0. The van der Waals surface area contributed by atoms with Crippen LogP contribution in [0.4, 0.5) is 4.39 Å². The first-order valence-electron chi connectivity index (χ1n) is 7.02. The van der Waals surface area contributed by atoms with E-state index in [1.165, 1.54) is 6.07 Å². The molecule has 0 radical (unpaired) electrons. The summed E-state index contributed by atoms with van der Waals surface area (Å²) in [5.74, 6) is -0.468. The molecule has 0 bridgehead atoms. The molecule has 1 aromatic carbocycles. The van der Waals surface area contributed by atoms with Gasteiger partial charge in [0.25, 0.3) is 0 Å². The van der Waals surface area contributed by atoms with Crippen molar-refractivity contribution in [2.24, 2.45) is 0 Å². The van der Waals surface area contributed by atoms with E-state index < -0.39 is 5.82 Å². The van der Waals surface area contributed by atoms with Crippen molar-refractivity contribution in [3.05, 3.63) is 29.6 Å². The Kier molecular flexibility index (Phi) is 8.18. The monoisotopic (exact) mass is 285 g/mol. The van der Waals surface area contributed by atoms with Crippen LogP contribution >= 0.6 is 0 Å². The highest BCUT2D eigenvalue weighted by molar-refractivity contribution is 5.28. The van der Waals surface area contributed by atoms with Crippen molar-refractivity contribution in [1.29, 1.82) is 0 Å². The normalized spacial score (nSPS) is 11.2. The van der Waals surface area contributed by atoms with Crippen LogP contribution in [0.1, 0.15) is 19.4 Å². The van der Waals surface area contributed by atoms with Crippen LogP contribution in [0, 0.1) is 5.82 Å². The van der Waals surface area contributed by atoms with Crippen molar-refractivity contribution >= 4 is 0 Å². The molecular weight excluding hydrogens is 261 g/mol. The number of phenols is 1. The van der Waals surface area contributed by atoms with Gasteiger partial charge in [-0.25, -0.2) is 4.39 Å². The number of halogens is 1. The quantitative estimate of drug-likeness (QED) is 0.670. The average Bonchev–Trinajstić information content (AvgIpc) is 2.38. The predicted octanol–water partition coefficient (Wildman–Crippen LogP) is 2.41. The molecule has 1 rings (SSSR count). The zero-order chi connectivity index (χ0) is 14.8. The Balaban J connectivity index is 2.56. The molecule has 0 aromatic heterocycles. The van der Waals surface area contributed by atoms with E-state index >= 15 is 0 Å². The molecule has 0 saturated heterocycles. The molecule has 0 unspecified atom stereocenters. The van der Waals surface area contributed by atoms with E-state index in [9.17, 15) is 9.50 Å². The molecule has 5 heteroatoms. The second-order valence-electron chi connectivity index (χ2n) is 4.49. The summed E-state index contributed by atoms with van der Waals surface area (Å²) in [5.41, 5.74) is 0.746. The summed E-state index contributed by atoms with van der Waals surface area (Å²) in [7, 11) is 0. The minimum Gasteiger partial charge on any atom is -0.508 e. The van der Waals surface area contributed by atoms with Crippen molar-refractivity contribution in [2.75, 3.05) is 39.5 Å². The molecule has 4 nitrogen and oxygen atoms in total. The predicted molar refractivity (Wildman–Crippen MR) is 76.3 cm³/mol. The lowest BCUT2D eigenvalue weighted by Crippen LogP contribution is -2.30. The zero-order valence-corrected chi connectivity index (χ0v) is 12.3. The maximum atomic E-state index is 13.3. The SMILES string of the molecule is CCOCCN(CCOCC)Cc1cc(O)cc(F)c1. The molecule has 20 heavy (non-hydrogen) atoms. The lowest BCUT2D eigenvalue weighted by molar-refractivity contribution is 0.0797. The summed E-state index contributed by atoms with van der Waals surface area (Å²) in [4.78, 5) is 2.12. The van der Waals surface area contributed by atoms with Crippen LogP contribution in [-0.4, -0.2) is 49.5 Å². The van der Waals surface area contributed by atoms with Crippen LogP contribution in [-0.2, 0) is 16.0 Å². The molecular formula is C15H24FNO3. The molecule has 0 saturated carbocycles. The van der Waals surface area contributed by atoms with Crippen molar-refractivity contribution in [1.82, 2.24) is 4.90 Å². The first-order chi connectivity index (χ1) is 9.65. The number of benzene rings is 1. The van der Waals surface area contributed by atoms with Gasteiger partial charge in [0.2, 0.25) is 0 Å². The Labute approximate surface area is 120 Å². The Bertz CT molecular complexity index is 357. The number of nitrogens with zero attached hydrogens (tertiary/aromatic N) is 1. The van der Waals surface area contributed by atoms with Crippen LogP contribution in [0.15, 0.2) is 18.2 Å². The van der Waals surface area contributed by atoms with Crippen LogP contribution < -0.4 is 0 Å². The van der Waals surface area contributed by atoms with Crippen LogP contribution in [0.25, 0.3) is 0 Å². The highest BCUT2D eigenvalue weighted by Crippen LogP contribution is 2.16. The van der Waals surface area contributed by atoms with E-state index in [0.717, 1.165) is 24.7 Å². The molecule has 114 valence electrons. The molecule has 0 atom stereocenters. The topological polar surface area (TPSA) is 41.9 Å². The molecule has 0 aliphatic carbocycles. The van der Waals surface area contributed by atoms with Gasteiger partial charge >= 0.3 is 0 Å². The van der Waals surface area contributed by atoms with E-state index in [1.54, 1.807) is 6.07 Å². The van der Waals surface area contributed by atoms with E-state index in [-0.39, 0.29) is 5.75 Å². The van der Waals surface area contributed by atoms with Gasteiger partial charge in [0.15, 0.2) is 0 Å². The van der Waals surface area contributed by atoms with Crippen molar-refractivity contribution in [2.45, 2.75) is 20.4 Å². The first kappa shape index (κ1) is 16.9. The number of ether oxygens (including phenoxy) is 2. The van der Waals surface area contributed by atoms with Gasteiger partial charge in [-0.3, -0.25) is 4.90 Å². The number of hydrogen-bond donors (Lipinski definition) is 1. The fourth-order valence-corrected chi connectivity index (χ4v) is 1.93. The molecule has 0 amide bonds. The van der Waals surface area contributed by atoms with Gasteiger partial charge in [0.1, 0.15) is 11.6 Å². The van der Waals surface area contributed by atoms with Crippen molar-refractivity contribution < 1.29 is 19.0 Å². The van der Waals surface area contributed by atoms with E-state index in [4.69, 9.17) is 9.47 Å². The minimum absolute atomic E-state index is 0.0467. The van der Waals surface area contributed by atoms with Gasteiger partial charge in [0.05, 0.1) is 13.2 Å². The lowest BCUT2D eigenvalue weighted by atomic mass is 10.2. The fourth-order valence-electron chi connectivity index (χ4n) is 1.93. The molecule has 0 spiro atoms. The van der Waals surface area contributed by atoms with Crippen LogP contribution in [0.2, 0.25) is 0 Å². The summed E-state index contributed by atoms with van der Waals surface area (Å²) in [6.07, 6.45) is 0. The van der Waals surface area contributed by atoms with Gasteiger partial charge in [-0.2, -0.15) is 0 Å². The second-order valence-corrected chi connectivity index (χ2v) is 4.49. The van der Waals surface area contributed by atoms with Crippen molar-refractivity contribution in [3.8, 4) is 5.75 Å². The molecule has 0 aliphatic rings. The molecule has 0 fully saturated rings. The van der Waals surface area contributed by atoms with Gasteiger partial charge in [0, 0.05) is 38.9 Å². The third kappa shape index (κ3) is 6.84. The summed E-state index contributed by atoms with van der Waals surface area (Å²) in [6.45, 7) is 8.58. The summed E-state index contributed by atoms with van der Waals surface area (Å²) in [5, 5.41) is 9.43. The lowest BCUT2D eigenvalue weighted by Gasteiger charge is -2.22. The molecule has 1 aromatic rings. The average molecular weight is 285 g/mol. The summed E-state index contributed by atoms with van der Waals surface area (Å²) < 4.78 is 24.0. The minimum atomic E-state index is -0.422. The largest absolute Gasteiger partial charge is 0.508 e. The Morgan fingerprint density at radius 1 is 1.05 bits per heavy atom. The standard InChI is InChI=1S/C15H24FNO3/c1-3-19-7-5-17(6-8-20-4-2)12-13-9-14(16)11-15(18)10-13/h9-11,18H,3-8,12H2,1-2H3. The first-order valence-corrected chi connectivity index (χ1v) is 7.02. The number of phenolic OH excluding ortho intramolecular Hbond substituents is 1. The van der Waals surface area contributed by atoms with E-state index in [2.05, 4.69) is 4.90 Å². The maximum absolute atomic E-state index is 13.3. The van der Waals surface area contributed by atoms with Crippen LogP contribution in [0.5, 0.6) is 5.75 Å². The highest BCUT2D eigenvalue weighted by Gasteiger charge is 2.08. The molecule has 0 aliphatic heterocycles. The van der Waals surface area contributed by atoms with Gasteiger partial charge < -0.3 is 14.6 Å². The van der Waals surface area contributed by atoms with E-state index in [0.29, 0.717) is 33.0 Å². The van der Waals surface area contributed by atoms with Gasteiger partial charge in [-0.1, -0.05) is 0 Å². The number of hydrogen-bond acceptors (Lipinski definition) is 4. The van der Waals surface area contributed by atoms with E-state index in [1.807, 2.05) is 13.8 Å². The molecule has 0 heterocycles. The Hall–Kier alpha value is -1.17. The maximum Gasteiger partial charge on any atom is 0.127 e. The fraction of sp³-hybridized carbons (Fsp3) is 0.600. The highest BCUT2D eigenvalue weighted by atomic mass is 19.1. The van der Waals surface area contributed by atoms with Gasteiger partial charge in [-0.05, 0) is 31.5 Å². The smallest absolute Gasteiger partial charge is 0.127 e. The summed E-state index contributed by atoms with van der Waals surface area (Å²) in [6, 6.07) is 4.12.